The molecule has 0 aromatic rings. The molecule has 2 unspecified atom stereocenters. The first-order chi connectivity index (χ1) is 7.66. The van der Waals surface area contributed by atoms with Gasteiger partial charge in [0.2, 0.25) is 5.91 Å². The molecule has 2 atom stereocenters. The molecule has 0 heterocycles. The van der Waals surface area contributed by atoms with Crippen LogP contribution in [0.5, 0.6) is 0 Å². The molecule has 0 aromatic heterocycles. The third-order valence-corrected chi connectivity index (χ3v) is 3.53. The SMILES string of the molecule is CC(NC(=O)C(C)(N)C(F)(F)F)C1CCCC1. The van der Waals surface area contributed by atoms with Gasteiger partial charge in [0.05, 0.1) is 0 Å². The van der Waals surface area contributed by atoms with Crippen LogP contribution in [0.1, 0.15) is 39.5 Å². The highest BCUT2D eigenvalue weighted by Gasteiger charge is 2.54. The van der Waals surface area contributed by atoms with Crippen molar-refractivity contribution in [1.82, 2.24) is 5.32 Å². The van der Waals surface area contributed by atoms with Crippen molar-refractivity contribution in [2.24, 2.45) is 11.7 Å². The summed E-state index contributed by atoms with van der Waals surface area (Å²) in [6, 6.07) is -0.254. The van der Waals surface area contributed by atoms with E-state index in [1.807, 2.05) is 0 Å². The number of hydrogen-bond donors (Lipinski definition) is 2. The van der Waals surface area contributed by atoms with E-state index in [0.717, 1.165) is 25.7 Å². The van der Waals surface area contributed by atoms with Gasteiger partial charge in [-0.25, -0.2) is 0 Å². The van der Waals surface area contributed by atoms with Crippen LogP contribution >= 0.6 is 0 Å². The van der Waals surface area contributed by atoms with Crippen molar-refractivity contribution in [1.29, 1.82) is 0 Å². The molecule has 0 aliphatic heterocycles. The van der Waals surface area contributed by atoms with Crippen LogP contribution in [0.2, 0.25) is 0 Å². The van der Waals surface area contributed by atoms with E-state index in [-0.39, 0.29) is 12.0 Å². The predicted molar refractivity (Wildman–Crippen MR) is 58.2 cm³/mol. The van der Waals surface area contributed by atoms with E-state index in [0.29, 0.717) is 6.92 Å². The van der Waals surface area contributed by atoms with Gasteiger partial charge in [-0.2, -0.15) is 13.2 Å². The lowest BCUT2D eigenvalue weighted by Crippen LogP contribution is -2.62. The molecule has 3 nitrogen and oxygen atoms in total. The maximum Gasteiger partial charge on any atom is 0.415 e. The van der Waals surface area contributed by atoms with Crippen molar-refractivity contribution < 1.29 is 18.0 Å². The lowest BCUT2D eigenvalue weighted by Gasteiger charge is -2.29. The summed E-state index contributed by atoms with van der Waals surface area (Å²) < 4.78 is 37.6. The number of amides is 1. The molecule has 0 radical (unpaired) electrons. The first kappa shape index (κ1) is 14.3. The average molecular weight is 252 g/mol. The van der Waals surface area contributed by atoms with E-state index in [9.17, 15) is 18.0 Å². The van der Waals surface area contributed by atoms with E-state index in [2.05, 4.69) is 5.32 Å². The molecule has 100 valence electrons. The molecule has 1 aliphatic carbocycles. The lowest BCUT2D eigenvalue weighted by atomic mass is 9.97. The van der Waals surface area contributed by atoms with E-state index in [1.54, 1.807) is 6.92 Å². The zero-order valence-electron chi connectivity index (χ0n) is 10.1. The summed E-state index contributed by atoms with van der Waals surface area (Å²) in [4.78, 5) is 11.5. The monoisotopic (exact) mass is 252 g/mol. The fraction of sp³-hybridized carbons (Fsp3) is 0.909. The van der Waals surface area contributed by atoms with E-state index >= 15 is 0 Å². The molecule has 6 heteroatoms. The van der Waals surface area contributed by atoms with Crippen molar-refractivity contribution in [3.05, 3.63) is 0 Å². The second kappa shape index (κ2) is 4.84. The van der Waals surface area contributed by atoms with Crippen LogP contribution in [-0.2, 0) is 4.79 Å². The third-order valence-electron chi connectivity index (χ3n) is 3.53. The van der Waals surface area contributed by atoms with Crippen LogP contribution in [0, 0.1) is 5.92 Å². The van der Waals surface area contributed by atoms with Crippen LogP contribution in [0.25, 0.3) is 0 Å². The van der Waals surface area contributed by atoms with Gasteiger partial charge in [-0.05, 0) is 32.6 Å². The van der Waals surface area contributed by atoms with Crippen molar-refractivity contribution >= 4 is 5.91 Å². The fourth-order valence-corrected chi connectivity index (χ4v) is 2.06. The minimum atomic E-state index is -4.73. The van der Waals surface area contributed by atoms with Gasteiger partial charge in [0.25, 0.3) is 0 Å². The van der Waals surface area contributed by atoms with Crippen molar-refractivity contribution in [3.8, 4) is 0 Å². The van der Waals surface area contributed by atoms with Crippen LogP contribution in [0.3, 0.4) is 0 Å². The van der Waals surface area contributed by atoms with Crippen LogP contribution < -0.4 is 11.1 Å². The molecule has 0 spiro atoms. The summed E-state index contributed by atoms with van der Waals surface area (Å²) in [6.45, 7) is 2.43. The molecule has 1 rings (SSSR count). The standard InChI is InChI=1S/C11H19F3N2O/c1-7(8-5-3-4-6-8)16-9(17)10(2,15)11(12,13)14/h7-8H,3-6,15H2,1-2H3,(H,16,17). The normalized spacial score (nSPS) is 23.2. The second-order valence-electron chi connectivity index (χ2n) is 5.01. The zero-order valence-corrected chi connectivity index (χ0v) is 10.1. The maximum absolute atomic E-state index is 12.5. The number of halogens is 3. The Kier molecular flexibility index (Phi) is 4.06. The summed E-state index contributed by atoms with van der Waals surface area (Å²) in [5.74, 6) is -0.882. The first-order valence-electron chi connectivity index (χ1n) is 5.83. The smallest absolute Gasteiger partial charge is 0.351 e. The molecule has 0 aromatic carbocycles. The predicted octanol–water partition coefficient (Wildman–Crippen LogP) is 1.96. The Balaban J connectivity index is 2.59. The Morgan fingerprint density at radius 2 is 1.82 bits per heavy atom. The first-order valence-corrected chi connectivity index (χ1v) is 5.83. The molecule has 1 saturated carbocycles. The Morgan fingerprint density at radius 3 is 2.24 bits per heavy atom. The number of nitrogens with one attached hydrogen (secondary N) is 1. The van der Waals surface area contributed by atoms with Gasteiger partial charge >= 0.3 is 6.18 Å². The zero-order chi connectivity index (χ0) is 13.3. The molecule has 0 saturated heterocycles. The van der Waals surface area contributed by atoms with E-state index < -0.39 is 17.6 Å². The Hall–Kier alpha value is -0.780. The Labute approximate surface area is 98.9 Å². The summed E-state index contributed by atoms with van der Waals surface area (Å²) in [5, 5.41) is 2.38. The van der Waals surface area contributed by atoms with E-state index in [1.165, 1.54) is 0 Å². The number of carbonyl (C=O) groups excluding carboxylic acids is 1. The van der Waals surface area contributed by atoms with Gasteiger partial charge in [-0.3, -0.25) is 4.79 Å². The molecular formula is C11H19F3N2O. The molecule has 3 N–H and O–H groups in total. The van der Waals surface area contributed by atoms with Crippen molar-refractivity contribution in [3.63, 3.8) is 0 Å². The van der Waals surface area contributed by atoms with Gasteiger partial charge in [-0.15, -0.1) is 0 Å². The lowest BCUT2D eigenvalue weighted by molar-refractivity contribution is -0.187. The highest BCUT2D eigenvalue weighted by Crippen LogP contribution is 2.30. The fourth-order valence-electron chi connectivity index (χ4n) is 2.06. The van der Waals surface area contributed by atoms with Gasteiger partial charge in [0, 0.05) is 6.04 Å². The number of alkyl halides is 3. The Bertz CT molecular complexity index is 283. The number of hydrogen-bond acceptors (Lipinski definition) is 2. The summed E-state index contributed by atoms with van der Waals surface area (Å²) >= 11 is 0. The minimum absolute atomic E-state index is 0.254. The molecular weight excluding hydrogens is 233 g/mol. The highest BCUT2D eigenvalue weighted by atomic mass is 19.4. The molecule has 1 amide bonds. The van der Waals surface area contributed by atoms with Gasteiger partial charge in [-0.1, -0.05) is 12.8 Å². The topological polar surface area (TPSA) is 55.1 Å². The molecule has 0 bridgehead atoms. The van der Waals surface area contributed by atoms with Crippen LogP contribution in [0.4, 0.5) is 13.2 Å². The molecule has 17 heavy (non-hydrogen) atoms. The summed E-state index contributed by atoms with van der Waals surface area (Å²) in [5.41, 5.74) is 2.23. The van der Waals surface area contributed by atoms with Gasteiger partial charge in [0.15, 0.2) is 5.54 Å². The van der Waals surface area contributed by atoms with Crippen molar-refractivity contribution in [2.45, 2.75) is 57.3 Å². The number of nitrogens with two attached hydrogens (primary N) is 1. The molecule has 1 aliphatic rings. The van der Waals surface area contributed by atoms with Crippen molar-refractivity contribution in [2.75, 3.05) is 0 Å². The molecule has 1 fully saturated rings. The second-order valence-corrected chi connectivity index (χ2v) is 5.01. The van der Waals surface area contributed by atoms with Crippen LogP contribution in [-0.4, -0.2) is 23.7 Å². The maximum atomic E-state index is 12.5. The summed E-state index contributed by atoms with van der Waals surface area (Å²) in [7, 11) is 0. The van der Waals surface area contributed by atoms with Gasteiger partial charge < -0.3 is 11.1 Å². The van der Waals surface area contributed by atoms with E-state index in [4.69, 9.17) is 5.73 Å². The number of rotatable bonds is 3. The highest BCUT2D eigenvalue weighted by molar-refractivity contribution is 5.86. The Morgan fingerprint density at radius 1 is 1.35 bits per heavy atom. The minimum Gasteiger partial charge on any atom is -0.351 e. The number of carbonyl (C=O) groups is 1. The summed E-state index contributed by atoms with van der Waals surface area (Å²) in [6.07, 6.45) is -0.677. The van der Waals surface area contributed by atoms with Crippen LogP contribution in [0.15, 0.2) is 0 Å². The third kappa shape index (κ3) is 3.12. The largest absolute Gasteiger partial charge is 0.415 e. The van der Waals surface area contributed by atoms with Gasteiger partial charge in [0.1, 0.15) is 0 Å². The average Bonchev–Trinajstić information content (AvgIpc) is 2.68. The quantitative estimate of drug-likeness (QED) is 0.806.